The second kappa shape index (κ2) is 19.6. The van der Waals surface area contributed by atoms with E-state index in [1.54, 1.807) is 0 Å². The number of hydrogen-bond donors (Lipinski definition) is 2. The molecule has 2 unspecified atom stereocenters. The highest BCUT2D eigenvalue weighted by atomic mass is 16.9. The van der Waals surface area contributed by atoms with E-state index in [0.717, 1.165) is 25.9 Å². The largest absolute Gasteiger partial charge is 0.390 e. The van der Waals surface area contributed by atoms with Crippen LogP contribution in [0.3, 0.4) is 0 Å². The van der Waals surface area contributed by atoms with Gasteiger partial charge in [0.25, 0.3) is 5.09 Å². The van der Waals surface area contributed by atoms with Crippen molar-refractivity contribution in [3.63, 3.8) is 0 Å². The molecule has 6 heteroatoms. The van der Waals surface area contributed by atoms with Crippen molar-refractivity contribution in [2.45, 2.75) is 115 Å². The van der Waals surface area contributed by atoms with Gasteiger partial charge in [0, 0.05) is 6.61 Å². The van der Waals surface area contributed by atoms with Crippen molar-refractivity contribution >= 4 is 0 Å². The number of allylic oxidation sites excluding steroid dienone is 2. The molecule has 0 bridgehead atoms. The lowest BCUT2D eigenvalue weighted by Gasteiger charge is -2.27. The summed E-state index contributed by atoms with van der Waals surface area (Å²) in [7, 11) is 0. The van der Waals surface area contributed by atoms with Crippen LogP contribution in [0.4, 0.5) is 0 Å². The monoisotopic (exact) mass is 387 g/mol. The minimum absolute atomic E-state index is 0.102. The summed E-state index contributed by atoms with van der Waals surface area (Å²) in [6, 6.07) is 0. The Morgan fingerprint density at radius 3 is 2.07 bits per heavy atom. The van der Waals surface area contributed by atoms with Gasteiger partial charge in [-0.25, -0.2) is 0 Å². The molecule has 1 heterocycles. The zero-order chi connectivity index (χ0) is 20.2. The average molecular weight is 388 g/mol. The molecule has 1 fully saturated rings. The van der Waals surface area contributed by atoms with Crippen LogP contribution in [0, 0.1) is 10.1 Å². The minimum Gasteiger partial charge on any atom is -0.390 e. The van der Waals surface area contributed by atoms with Crippen LogP contribution >= 0.6 is 0 Å². The van der Waals surface area contributed by atoms with Crippen LogP contribution in [0.5, 0.6) is 0 Å². The van der Waals surface area contributed by atoms with E-state index in [2.05, 4.69) is 19.1 Å². The van der Waals surface area contributed by atoms with E-state index in [1.165, 1.54) is 77.0 Å². The number of unbranched alkanes of at least 4 members (excludes halogenated alkanes) is 10. The number of hydrogen-bond acceptors (Lipinski definition) is 4. The van der Waals surface area contributed by atoms with Crippen LogP contribution in [-0.2, 0) is 4.74 Å². The maximum Gasteiger partial charge on any atom is 0.291 e. The highest BCUT2D eigenvalue weighted by Crippen LogP contribution is 2.19. The van der Waals surface area contributed by atoms with Gasteiger partial charge < -0.3 is 15.1 Å². The number of aliphatic hydroxyl groups is 1. The Morgan fingerprint density at radius 2 is 1.52 bits per heavy atom. The van der Waals surface area contributed by atoms with Crippen molar-refractivity contribution in [3.8, 4) is 0 Å². The third kappa shape index (κ3) is 19.4. The Morgan fingerprint density at radius 1 is 1.00 bits per heavy atom. The molecule has 160 valence electrons. The van der Waals surface area contributed by atoms with Gasteiger partial charge in [-0.05, 0) is 44.9 Å². The molecule has 0 aromatic carbocycles. The fourth-order valence-electron chi connectivity index (χ4n) is 3.34. The number of nitrogens with zero attached hydrogens (tertiary/aromatic N) is 1. The van der Waals surface area contributed by atoms with Crippen molar-refractivity contribution < 1.29 is 20.1 Å². The molecule has 0 amide bonds. The molecular weight excluding hydrogens is 346 g/mol. The first-order valence-corrected chi connectivity index (χ1v) is 10.9. The van der Waals surface area contributed by atoms with Crippen molar-refractivity contribution in [1.82, 2.24) is 0 Å². The molecule has 1 aliphatic heterocycles. The van der Waals surface area contributed by atoms with Gasteiger partial charge in [-0.2, -0.15) is 0 Å². The molecule has 27 heavy (non-hydrogen) atoms. The summed E-state index contributed by atoms with van der Waals surface area (Å²) in [6.07, 6.45) is 23.6. The Labute approximate surface area is 165 Å². The van der Waals surface area contributed by atoms with Gasteiger partial charge in [-0.1, -0.05) is 70.4 Å². The van der Waals surface area contributed by atoms with Gasteiger partial charge >= 0.3 is 0 Å². The molecule has 1 aliphatic rings. The van der Waals surface area contributed by atoms with Gasteiger partial charge in [0.2, 0.25) is 0 Å². The lowest BCUT2D eigenvalue weighted by atomic mass is 10.00. The maximum absolute atomic E-state index is 9.83. The fraction of sp³-hybridized carbons (Fsp3) is 0.905. The maximum atomic E-state index is 9.83. The summed E-state index contributed by atoms with van der Waals surface area (Å²) >= 11 is 0. The first-order chi connectivity index (χ1) is 13.1. The standard InChI is InChI=1S/C21H40O2.HNO3/c1-2-3-4-5-6-7-8-9-10-11-12-13-14-15-18-21-20(22)17-16-19-23-21;2-1(3)4/h11-12,20-22H,2-10,13-19H2,1H3;(H,2,3,4). The van der Waals surface area contributed by atoms with Gasteiger partial charge in [-0.3, -0.25) is 0 Å². The van der Waals surface area contributed by atoms with Crippen molar-refractivity contribution in [3.05, 3.63) is 22.3 Å². The first kappa shape index (κ1) is 25.9. The summed E-state index contributed by atoms with van der Waals surface area (Å²) in [5.74, 6) is 0. The second-order valence-corrected chi connectivity index (χ2v) is 7.38. The molecule has 6 nitrogen and oxygen atoms in total. The molecular formula is C21H41NO5. The molecule has 0 aromatic heterocycles. The lowest BCUT2D eigenvalue weighted by molar-refractivity contribution is -0.742. The normalized spacial score (nSPS) is 19.6. The van der Waals surface area contributed by atoms with Gasteiger partial charge in [-0.15, -0.1) is 10.1 Å². The SMILES string of the molecule is CCCCCCCCCCC=CCCCCC1OCCCC1O.O=[N+]([O-])O. The number of ether oxygens (including phenoxy) is 1. The molecule has 2 N–H and O–H groups in total. The summed E-state index contributed by atoms with van der Waals surface area (Å²) in [6.45, 7) is 3.11. The molecule has 1 rings (SSSR count). The molecule has 2 atom stereocenters. The fourth-order valence-corrected chi connectivity index (χ4v) is 3.34. The zero-order valence-corrected chi connectivity index (χ0v) is 17.2. The number of aliphatic hydroxyl groups excluding tert-OH is 1. The molecule has 0 spiro atoms. The van der Waals surface area contributed by atoms with E-state index in [4.69, 9.17) is 20.1 Å². The molecule has 0 aromatic rings. The van der Waals surface area contributed by atoms with Gasteiger partial charge in [0.15, 0.2) is 0 Å². The van der Waals surface area contributed by atoms with E-state index in [-0.39, 0.29) is 12.2 Å². The van der Waals surface area contributed by atoms with Crippen LogP contribution in [0.1, 0.15) is 103 Å². The van der Waals surface area contributed by atoms with Crippen LogP contribution in [-0.4, -0.2) is 34.2 Å². The van der Waals surface area contributed by atoms with E-state index in [9.17, 15) is 5.11 Å². The summed E-state index contributed by atoms with van der Waals surface area (Å²) in [5.41, 5.74) is 0. The summed E-state index contributed by atoms with van der Waals surface area (Å²) < 4.78 is 5.64. The predicted molar refractivity (Wildman–Crippen MR) is 109 cm³/mol. The third-order valence-corrected chi connectivity index (χ3v) is 4.91. The predicted octanol–water partition coefficient (Wildman–Crippen LogP) is 5.83. The second-order valence-electron chi connectivity index (χ2n) is 7.38. The topological polar surface area (TPSA) is 92.8 Å². The van der Waals surface area contributed by atoms with E-state index in [1.807, 2.05) is 0 Å². The zero-order valence-electron chi connectivity index (χ0n) is 17.2. The Balaban J connectivity index is 0.00000153. The smallest absolute Gasteiger partial charge is 0.291 e. The van der Waals surface area contributed by atoms with E-state index >= 15 is 0 Å². The highest BCUT2D eigenvalue weighted by Gasteiger charge is 2.22. The lowest BCUT2D eigenvalue weighted by Crippen LogP contribution is -2.33. The van der Waals surface area contributed by atoms with Crippen molar-refractivity contribution in [2.24, 2.45) is 0 Å². The molecule has 1 saturated heterocycles. The average Bonchev–Trinajstić information content (AvgIpc) is 2.63. The number of rotatable bonds is 14. The quantitative estimate of drug-likeness (QED) is 0.169. The van der Waals surface area contributed by atoms with Crippen molar-refractivity contribution in [1.29, 1.82) is 0 Å². The third-order valence-electron chi connectivity index (χ3n) is 4.91. The summed E-state index contributed by atoms with van der Waals surface area (Å²) in [5, 5.41) is 23.5. The van der Waals surface area contributed by atoms with Crippen LogP contribution in [0.15, 0.2) is 12.2 Å². The van der Waals surface area contributed by atoms with Gasteiger partial charge in [0.1, 0.15) is 0 Å². The van der Waals surface area contributed by atoms with Gasteiger partial charge in [0.05, 0.1) is 12.2 Å². The minimum atomic E-state index is -1.50. The first-order valence-electron chi connectivity index (χ1n) is 10.9. The summed E-state index contributed by atoms with van der Waals surface area (Å²) in [4.78, 5) is 8.36. The highest BCUT2D eigenvalue weighted by molar-refractivity contribution is 4.82. The Kier molecular flexibility index (Phi) is 18.8. The molecule has 0 radical (unpaired) electrons. The molecule has 0 aliphatic carbocycles. The van der Waals surface area contributed by atoms with Crippen LogP contribution < -0.4 is 0 Å². The van der Waals surface area contributed by atoms with E-state index in [0.29, 0.717) is 0 Å². The Hall–Kier alpha value is -1.14. The Bertz CT molecular complexity index is 358. The van der Waals surface area contributed by atoms with E-state index < -0.39 is 5.09 Å². The van der Waals surface area contributed by atoms with Crippen LogP contribution in [0.2, 0.25) is 0 Å². The van der Waals surface area contributed by atoms with Crippen LogP contribution in [0.25, 0.3) is 0 Å². The van der Waals surface area contributed by atoms with Crippen molar-refractivity contribution in [2.75, 3.05) is 6.61 Å². The molecule has 0 saturated carbocycles.